The number of carbonyl (C=O) groups is 2. The van der Waals surface area contributed by atoms with E-state index in [-0.39, 0.29) is 23.4 Å². The molecule has 104 valence electrons. The molecule has 0 aliphatic rings. The van der Waals surface area contributed by atoms with E-state index in [9.17, 15) is 18.0 Å². The number of amides is 1. The number of halogens is 1. The third-order valence-electron chi connectivity index (χ3n) is 2.19. The topological polar surface area (TPSA) is 101 Å². The molecule has 2 N–H and O–H groups in total. The lowest BCUT2D eigenvalue weighted by atomic mass is 10.2. The van der Waals surface area contributed by atoms with Crippen molar-refractivity contribution in [3.8, 4) is 0 Å². The summed E-state index contributed by atoms with van der Waals surface area (Å²) in [4.78, 5) is 22.5. The molecule has 0 spiro atoms. The summed E-state index contributed by atoms with van der Waals surface area (Å²) in [7, 11) is -3.23. The van der Waals surface area contributed by atoms with Crippen LogP contribution in [0.5, 0.6) is 0 Å². The molecular formula is C11H12BrNO5S. The van der Waals surface area contributed by atoms with Crippen molar-refractivity contribution in [1.29, 1.82) is 0 Å². The fraction of sp³-hybridized carbons (Fsp3) is 0.273. The van der Waals surface area contributed by atoms with E-state index in [0.717, 1.165) is 6.26 Å². The van der Waals surface area contributed by atoms with Gasteiger partial charge in [-0.3, -0.25) is 4.79 Å². The lowest BCUT2D eigenvalue weighted by Gasteiger charge is -2.08. The van der Waals surface area contributed by atoms with Crippen molar-refractivity contribution in [3.63, 3.8) is 0 Å². The summed E-state index contributed by atoms with van der Waals surface area (Å²) in [5.74, 6) is -2.01. The summed E-state index contributed by atoms with van der Waals surface area (Å²) >= 11 is 3.13. The number of sulfone groups is 1. The highest BCUT2D eigenvalue weighted by molar-refractivity contribution is 9.10. The van der Waals surface area contributed by atoms with Crippen molar-refractivity contribution in [3.05, 3.63) is 28.2 Å². The van der Waals surface area contributed by atoms with Crippen LogP contribution >= 0.6 is 15.9 Å². The zero-order valence-corrected chi connectivity index (χ0v) is 12.4. The monoisotopic (exact) mass is 349 g/mol. The average molecular weight is 350 g/mol. The van der Waals surface area contributed by atoms with Crippen LogP contribution in [-0.4, -0.2) is 37.4 Å². The van der Waals surface area contributed by atoms with Crippen molar-refractivity contribution in [2.45, 2.75) is 6.42 Å². The third-order valence-corrected chi connectivity index (χ3v) is 3.62. The van der Waals surface area contributed by atoms with E-state index in [1.807, 2.05) is 0 Å². The molecule has 6 nitrogen and oxygen atoms in total. The van der Waals surface area contributed by atoms with Gasteiger partial charge in [-0.15, -0.1) is 0 Å². The normalized spacial score (nSPS) is 11.1. The molecule has 0 unspecified atom stereocenters. The number of rotatable bonds is 5. The standard InChI is InChI=1S/C11H12BrNO5S/c1-19(17,18)5-4-10(14)13-9-3-2-7(12)6-8(9)11(15)16/h2-3,6H,4-5H2,1H3,(H,13,14)(H,15,16). The number of hydrogen-bond acceptors (Lipinski definition) is 4. The van der Waals surface area contributed by atoms with Gasteiger partial charge < -0.3 is 10.4 Å². The van der Waals surface area contributed by atoms with Gasteiger partial charge in [-0.1, -0.05) is 15.9 Å². The summed E-state index contributed by atoms with van der Waals surface area (Å²) in [6.07, 6.45) is 0.816. The SMILES string of the molecule is CS(=O)(=O)CCC(=O)Nc1ccc(Br)cc1C(=O)O. The van der Waals surface area contributed by atoms with Gasteiger partial charge >= 0.3 is 5.97 Å². The van der Waals surface area contributed by atoms with Crippen LogP contribution in [0.25, 0.3) is 0 Å². The quantitative estimate of drug-likeness (QED) is 0.839. The Balaban J connectivity index is 2.82. The van der Waals surface area contributed by atoms with E-state index in [1.165, 1.54) is 12.1 Å². The summed E-state index contributed by atoms with van der Waals surface area (Å²) < 4.78 is 22.4. The molecule has 0 atom stereocenters. The van der Waals surface area contributed by atoms with Crippen LogP contribution < -0.4 is 5.32 Å². The molecule has 1 amide bonds. The highest BCUT2D eigenvalue weighted by Gasteiger charge is 2.14. The predicted octanol–water partition coefficient (Wildman–Crippen LogP) is 1.52. The van der Waals surface area contributed by atoms with E-state index in [0.29, 0.717) is 4.47 Å². The van der Waals surface area contributed by atoms with Gasteiger partial charge in [-0.2, -0.15) is 0 Å². The Bertz CT molecular complexity index is 612. The van der Waals surface area contributed by atoms with E-state index in [1.54, 1.807) is 6.07 Å². The number of carboxylic acids is 1. The average Bonchev–Trinajstić information content (AvgIpc) is 2.28. The molecule has 0 aliphatic carbocycles. The van der Waals surface area contributed by atoms with Crippen LogP contribution in [-0.2, 0) is 14.6 Å². The van der Waals surface area contributed by atoms with Gasteiger partial charge in [0.1, 0.15) is 9.84 Å². The zero-order chi connectivity index (χ0) is 14.6. The Kier molecular flexibility index (Phi) is 5.07. The minimum Gasteiger partial charge on any atom is -0.478 e. The third kappa shape index (κ3) is 5.39. The van der Waals surface area contributed by atoms with Crippen LogP contribution in [0.15, 0.2) is 22.7 Å². The summed E-state index contributed by atoms with van der Waals surface area (Å²) in [5, 5.41) is 11.4. The molecule has 0 saturated heterocycles. The van der Waals surface area contributed by atoms with Gasteiger partial charge in [0.2, 0.25) is 5.91 Å². The van der Waals surface area contributed by atoms with Gasteiger partial charge in [-0.25, -0.2) is 13.2 Å². The maximum Gasteiger partial charge on any atom is 0.337 e. The maximum atomic E-state index is 11.5. The van der Waals surface area contributed by atoms with Crippen molar-refractivity contribution < 1.29 is 23.1 Å². The first-order valence-electron chi connectivity index (χ1n) is 5.19. The van der Waals surface area contributed by atoms with Gasteiger partial charge in [-0.05, 0) is 18.2 Å². The molecule has 0 heterocycles. The van der Waals surface area contributed by atoms with Crippen molar-refractivity contribution in [2.75, 3.05) is 17.3 Å². The number of aromatic carboxylic acids is 1. The van der Waals surface area contributed by atoms with E-state index in [2.05, 4.69) is 21.2 Å². The van der Waals surface area contributed by atoms with Crippen LogP contribution in [0.2, 0.25) is 0 Å². The molecule has 0 bridgehead atoms. The van der Waals surface area contributed by atoms with E-state index < -0.39 is 21.7 Å². The first kappa shape index (κ1) is 15.6. The molecule has 0 radical (unpaired) electrons. The fourth-order valence-electron chi connectivity index (χ4n) is 1.29. The molecule has 1 aromatic carbocycles. The fourth-order valence-corrected chi connectivity index (χ4v) is 2.21. The van der Waals surface area contributed by atoms with Gasteiger partial charge in [0.05, 0.1) is 17.0 Å². The summed E-state index contributed by atoms with van der Waals surface area (Å²) in [5.41, 5.74) is 0.0660. The molecule has 19 heavy (non-hydrogen) atoms. The molecule has 8 heteroatoms. The van der Waals surface area contributed by atoms with Gasteiger partial charge in [0.25, 0.3) is 0 Å². The maximum absolute atomic E-state index is 11.5. The van der Waals surface area contributed by atoms with Crippen LogP contribution in [0.3, 0.4) is 0 Å². The lowest BCUT2D eigenvalue weighted by Crippen LogP contribution is -2.18. The zero-order valence-electron chi connectivity index (χ0n) is 10.0. The highest BCUT2D eigenvalue weighted by Crippen LogP contribution is 2.21. The molecule has 1 rings (SSSR count). The Morgan fingerprint density at radius 2 is 2.00 bits per heavy atom. The number of benzene rings is 1. The summed E-state index contributed by atoms with van der Waals surface area (Å²) in [6.45, 7) is 0. The lowest BCUT2D eigenvalue weighted by molar-refractivity contribution is -0.115. The van der Waals surface area contributed by atoms with Gasteiger partial charge in [0.15, 0.2) is 0 Å². The van der Waals surface area contributed by atoms with E-state index in [4.69, 9.17) is 5.11 Å². The number of carbonyl (C=O) groups excluding carboxylic acids is 1. The molecule has 0 fully saturated rings. The second-order valence-electron chi connectivity index (χ2n) is 3.92. The molecule has 0 aliphatic heterocycles. The molecular weight excluding hydrogens is 338 g/mol. The Hall–Kier alpha value is -1.41. The number of carboxylic acid groups (broad SMARTS) is 1. The summed E-state index contributed by atoms with van der Waals surface area (Å²) in [6, 6.07) is 4.37. The second kappa shape index (κ2) is 6.16. The predicted molar refractivity (Wildman–Crippen MR) is 74.1 cm³/mol. The van der Waals surface area contributed by atoms with E-state index >= 15 is 0 Å². The van der Waals surface area contributed by atoms with Gasteiger partial charge in [0, 0.05) is 17.1 Å². The first-order valence-corrected chi connectivity index (χ1v) is 8.05. The first-order chi connectivity index (χ1) is 8.69. The molecule has 0 aromatic heterocycles. The Morgan fingerprint density at radius 1 is 1.37 bits per heavy atom. The van der Waals surface area contributed by atoms with Crippen LogP contribution in [0, 0.1) is 0 Å². The minimum absolute atomic E-state index is 0.0675. The van der Waals surface area contributed by atoms with Crippen LogP contribution in [0.1, 0.15) is 16.8 Å². The molecule has 0 saturated carbocycles. The molecule has 1 aromatic rings. The number of nitrogens with one attached hydrogen (secondary N) is 1. The second-order valence-corrected chi connectivity index (χ2v) is 7.10. The number of hydrogen-bond donors (Lipinski definition) is 2. The Labute approximate surface area is 118 Å². The highest BCUT2D eigenvalue weighted by atomic mass is 79.9. The minimum atomic E-state index is -3.23. The Morgan fingerprint density at radius 3 is 2.53 bits per heavy atom. The van der Waals surface area contributed by atoms with Crippen LogP contribution in [0.4, 0.5) is 5.69 Å². The number of anilines is 1. The largest absolute Gasteiger partial charge is 0.478 e. The van der Waals surface area contributed by atoms with Crippen molar-refractivity contribution in [1.82, 2.24) is 0 Å². The van der Waals surface area contributed by atoms with Crippen molar-refractivity contribution in [2.24, 2.45) is 0 Å². The van der Waals surface area contributed by atoms with Crippen molar-refractivity contribution >= 4 is 43.3 Å². The smallest absolute Gasteiger partial charge is 0.337 e.